The maximum atomic E-state index is 12.7. The van der Waals surface area contributed by atoms with Crippen LogP contribution in [0.1, 0.15) is 33.6 Å². The zero-order valence-corrected chi connectivity index (χ0v) is 15.8. The first kappa shape index (κ1) is 20.9. The number of carbonyl (C=O) groups is 2. The number of hydrogen-bond donors (Lipinski definition) is 1. The highest BCUT2D eigenvalue weighted by Crippen LogP contribution is 2.24. The van der Waals surface area contributed by atoms with E-state index in [0.29, 0.717) is 11.3 Å². The average Bonchev–Trinajstić information content (AvgIpc) is 2.67. The topological polar surface area (TPSA) is 58.6 Å². The molecule has 154 valence electrons. The molecule has 1 saturated heterocycles. The second-order valence-corrected chi connectivity index (χ2v) is 7.05. The minimum absolute atomic E-state index is 0.0293. The Morgan fingerprint density at radius 3 is 2.31 bits per heavy atom. The lowest BCUT2D eigenvalue weighted by atomic mass is 9.89. The number of alkyl halides is 3. The van der Waals surface area contributed by atoms with Gasteiger partial charge < -0.3 is 15.0 Å². The van der Waals surface area contributed by atoms with E-state index in [1.54, 1.807) is 24.3 Å². The van der Waals surface area contributed by atoms with Crippen molar-refractivity contribution in [1.29, 1.82) is 0 Å². The highest BCUT2D eigenvalue weighted by Gasteiger charge is 2.31. The van der Waals surface area contributed by atoms with Crippen molar-refractivity contribution in [2.24, 2.45) is 5.92 Å². The molecule has 1 heterocycles. The first-order valence-electron chi connectivity index (χ1n) is 9.21. The van der Waals surface area contributed by atoms with Crippen LogP contribution in [0.2, 0.25) is 0 Å². The predicted octanol–water partition coefficient (Wildman–Crippen LogP) is 4.36. The summed E-state index contributed by atoms with van der Waals surface area (Å²) in [5.41, 5.74) is 1.15. The van der Waals surface area contributed by atoms with Crippen LogP contribution in [-0.4, -0.2) is 43.1 Å². The summed E-state index contributed by atoms with van der Waals surface area (Å²) >= 11 is 0. The van der Waals surface area contributed by atoms with Crippen LogP contribution in [0.25, 0.3) is 0 Å². The molecule has 1 aliphatic rings. The quantitative estimate of drug-likeness (QED) is 0.750. The van der Waals surface area contributed by atoms with Crippen molar-refractivity contribution in [2.45, 2.75) is 19.2 Å². The third-order valence-electron chi connectivity index (χ3n) is 4.84. The van der Waals surface area contributed by atoms with Crippen LogP contribution in [0.4, 0.5) is 18.9 Å². The number of Topliss-reactive ketones (excluding diaryl/α,β-unsaturated/α-hetero) is 1. The molecule has 1 fully saturated rings. The average molecular weight is 406 g/mol. The van der Waals surface area contributed by atoms with Gasteiger partial charge in [-0.15, -0.1) is 13.2 Å². The van der Waals surface area contributed by atoms with Crippen LogP contribution in [0, 0.1) is 5.92 Å². The minimum Gasteiger partial charge on any atom is -0.406 e. The fourth-order valence-corrected chi connectivity index (χ4v) is 3.27. The van der Waals surface area contributed by atoms with Crippen molar-refractivity contribution in [1.82, 2.24) is 4.90 Å². The van der Waals surface area contributed by atoms with E-state index >= 15 is 0 Å². The van der Waals surface area contributed by atoms with Gasteiger partial charge in [-0.25, -0.2) is 0 Å². The van der Waals surface area contributed by atoms with Gasteiger partial charge in [-0.2, -0.15) is 0 Å². The maximum absolute atomic E-state index is 12.7. The molecule has 0 spiro atoms. The molecule has 0 radical (unpaired) electrons. The molecule has 29 heavy (non-hydrogen) atoms. The van der Waals surface area contributed by atoms with Crippen molar-refractivity contribution < 1.29 is 27.5 Å². The third kappa shape index (κ3) is 5.80. The number of ketones is 1. The van der Waals surface area contributed by atoms with Gasteiger partial charge in [0.05, 0.1) is 0 Å². The number of likely N-dealkylation sites (tertiary alicyclic amines) is 1. The molecule has 0 saturated carbocycles. The summed E-state index contributed by atoms with van der Waals surface area (Å²) in [6.07, 6.45) is -3.18. The zero-order valence-electron chi connectivity index (χ0n) is 15.8. The van der Waals surface area contributed by atoms with Crippen molar-refractivity contribution in [3.8, 4) is 5.75 Å². The second kappa shape index (κ2) is 8.65. The van der Waals surface area contributed by atoms with Crippen LogP contribution in [0.3, 0.4) is 0 Å². The summed E-state index contributed by atoms with van der Waals surface area (Å²) in [6.45, 7) is 1.75. The van der Waals surface area contributed by atoms with E-state index in [4.69, 9.17) is 0 Å². The standard InChI is InChI=1S/C21H21F3N2O3/c1-26-11-9-14(10-12-26)19(27)16-3-2-4-17(13-16)25-20(28)15-5-7-18(8-6-15)29-21(22,23)24/h2-8,13-14H,9-12H2,1H3,(H,25,28). The molecular weight excluding hydrogens is 385 g/mol. The Balaban J connectivity index is 1.65. The van der Waals surface area contributed by atoms with Gasteiger partial charge in [0.2, 0.25) is 0 Å². The lowest BCUT2D eigenvalue weighted by molar-refractivity contribution is -0.274. The number of amides is 1. The molecule has 0 unspecified atom stereocenters. The fraction of sp³-hybridized carbons (Fsp3) is 0.333. The molecule has 2 aromatic rings. The van der Waals surface area contributed by atoms with Gasteiger partial charge in [0.25, 0.3) is 5.91 Å². The van der Waals surface area contributed by atoms with Gasteiger partial charge >= 0.3 is 6.36 Å². The van der Waals surface area contributed by atoms with E-state index in [1.807, 2.05) is 7.05 Å². The van der Waals surface area contributed by atoms with Gasteiger partial charge in [-0.05, 0) is 69.4 Å². The highest BCUT2D eigenvalue weighted by molar-refractivity contribution is 6.05. The van der Waals surface area contributed by atoms with Crippen LogP contribution in [0.5, 0.6) is 5.75 Å². The predicted molar refractivity (Wildman–Crippen MR) is 102 cm³/mol. The molecule has 1 N–H and O–H groups in total. The monoisotopic (exact) mass is 406 g/mol. The van der Waals surface area contributed by atoms with E-state index in [9.17, 15) is 22.8 Å². The molecule has 1 amide bonds. The Kier molecular flexibility index (Phi) is 6.22. The first-order chi connectivity index (χ1) is 13.7. The Labute approximate surface area is 166 Å². The van der Waals surface area contributed by atoms with Gasteiger partial charge in [0, 0.05) is 22.7 Å². The van der Waals surface area contributed by atoms with E-state index < -0.39 is 18.0 Å². The van der Waals surface area contributed by atoms with Gasteiger partial charge in [-0.3, -0.25) is 9.59 Å². The molecule has 1 aliphatic heterocycles. The van der Waals surface area contributed by atoms with Crippen LogP contribution in [0.15, 0.2) is 48.5 Å². The molecule has 3 rings (SSSR count). The van der Waals surface area contributed by atoms with Crippen LogP contribution < -0.4 is 10.1 Å². The van der Waals surface area contributed by atoms with Crippen LogP contribution in [-0.2, 0) is 0 Å². The summed E-state index contributed by atoms with van der Waals surface area (Å²) in [4.78, 5) is 27.3. The summed E-state index contributed by atoms with van der Waals surface area (Å²) < 4.78 is 40.4. The number of benzene rings is 2. The van der Waals surface area contributed by atoms with Crippen LogP contribution >= 0.6 is 0 Å². The van der Waals surface area contributed by atoms with Crippen molar-refractivity contribution in [3.63, 3.8) is 0 Å². The zero-order chi connectivity index (χ0) is 21.0. The normalized spacial score (nSPS) is 15.7. The van der Waals surface area contributed by atoms with E-state index in [2.05, 4.69) is 15.0 Å². The smallest absolute Gasteiger partial charge is 0.406 e. The molecule has 8 heteroatoms. The number of hydrogen-bond acceptors (Lipinski definition) is 4. The molecule has 0 atom stereocenters. The first-order valence-corrected chi connectivity index (χ1v) is 9.21. The van der Waals surface area contributed by atoms with E-state index in [-0.39, 0.29) is 17.3 Å². The van der Waals surface area contributed by atoms with Gasteiger partial charge in [0.15, 0.2) is 5.78 Å². The van der Waals surface area contributed by atoms with E-state index in [1.165, 1.54) is 12.1 Å². The number of nitrogens with zero attached hydrogens (tertiary/aromatic N) is 1. The number of nitrogens with one attached hydrogen (secondary N) is 1. The SMILES string of the molecule is CN1CCC(C(=O)c2cccc(NC(=O)c3ccc(OC(F)(F)F)cc3)c2)CC1. The number of halogens is 3. The lowest BCUT2D eigenvalue weighted by Gasteiger charge is -2.28. The van der Waals surface area contributed by atoms with Gasteiger partial charge in [0.1, 0.15) is 5.75 Å². The largest absolute Gasteiger partial charge is 0.573 e. The van der Waals surface area contributed by atoms with E-state index in [0.717, 1.165) is 38.1 Å². The number of ether oxygens (including phenoxy) is 1. The summed E-state index contributed by atoms with van der Waals surface area (Å²) in [7, 11) is 2.03. The molecular formula is C21H21F3N2O3. The lowest BCUT2D eigenvalue weighted by Crippen LogP contribution is -2.33. The second-order valence-electron chi connectivity index (χ2n) is 7.05. The molecule has 2 aromatic carbocycles. The summed E-state index contributed by atoms with van der Waals surface area (Å²) in [6, 6.07) is 11.3. The summed E-state index contributed by atoms with van der Waals surface area (Å²) in [5, 5.41) is 2.67. The Morgan fingerprint density at radius 1 is 1.03 bits per heavy atom. The third-order valence-corrected chi connectivity index (χ3v) is 4.84. The number of anilines is 1. The maximum Gasteiger partial charge on any atom is 0.573 e. The minimum atomic E-state index is -4.79. The Bertz CT molecular complexity index is 873. The summed E-state index contributed by atoms with van der Waals surface area (Å²) in [5.74, 6) is -0.867. The number of carbonyl (C=O) groups excluding carboxylic acids is 2. The molecule has 0 aliphatic carbocycles. The Hall–Kier alpha value is -2.87. The van der Waals surface area contributed by atoms with Crippen molar-refractivity contribution in [3.05, 3.63) is 59.7 Å². The number of piperidine rings is 1. The van der Waals surface area contributed by atoms with Crippen molar-refractivity contribution >= 4 is 17.4 Å². The molecule has 5 nitrogen and oxygen atoms in total. The highest BCUT2D eigenvalue weighted by atomic mass is 19.4. The van der Waals surface area contributed by atoms with Crippen molar-refractivity contribution in [2.75, 3.05) is 25.5 Å². The number of rotatable bonds is 5. The van der Waals surface area contributed by atoms with Gasteiger partial charge in [-0.1, -0.05) is 12.1 Å². The molecule has 0 aromatic heterocycles. The Morgan fingerprint density at radius 2 is 1.69 bits per heavy atom. The molecule has 0 bridgehead atoms. The fourth-order valence-electron chi connectivity index (χ4n) is 3.27.